The minimum atomic E-state index is -0.531. The summed E-state index contributed by atoms with van der Waals surface area (Å²) in [6, 6.07) is 12.3. The highest BCUT2D eigenvalue weighted by atomic mass is 19.1. The molecule has 1 amide bonds. The summed E-state index contributed by atoms with van der Waals surface area (Å²) in [5.74, 6) is -1.12. The molecule has 9 nitrogen and oxygen atoms in total. The van der Waals surface area contributed by atoms with E-state index in [0.29, 0.717) is 35.5 Å². The number of aromatic nitrogens is 5. The first-order valence-corrected chi connectivity index (χ1v) is 14.3. The van der Waals surface area contributed by atoms with Gasteiger partial charge in [0.05, 0.1) is 35.4 Å². The average Bonchev–Trinajstić information content (AvgIpc) is 3.56. The van der Waals surface area contributed by atoms with Gasteiger partial charge in [-0.1, -0.05) is 42.3 Å². The van der Waals surface area contributed by atoms with Crippen LogP contribution in [0, 0.1) is 5.82 Å². The predicted molar refractivity (Wildman–Crippen MR) is 150 cm³/mol. The van der Waals surface area contributed by atoms with E-state index >= 15 is 4.39 Å². The summed E-state index contributed by atoms with van der Waals surface area (Å²) in [5.41, 5.74) is 3.74. The zero-order valence-corrected chi connectivity index (χ0v) is 23.3. The molecule has 41 heavy (non-hydrogen) atoms. The second-order valence-corrected chi connectivity index (χ2v) is 10.8. The molecule has 1 aliphatic heterocycles. The maximum Gasteiger partial charge on any atom is 0.341 e. The molecule has 10 heteroatoms. The number of amides is 1. The van der Waals surface area contributed by atoms with Gasteiger partial charge in [-0.05, 0) is 49.9 Å². The Bertz CT molecular complexity index is 1590. The molecule has 0 N–H and O–H groups in total. The number of hydrogen-bond acceptors (Lipinski definition) is 6. The first-order chi connectivity index (χ1) is 20.0. The van der Waals surface area contributed by atoms with Crippen LogP contribution in [0.3, 0.4) is 0 Å². The molecule has 3 heterocycles. The average molecular weight is 557 g/mol. The Morgan fingerprint density at radius 1 is 1.02 bits per heavy atom. The normalized spacial score (nSPS) is 18.7. The molecule has 2 unspecified atom stereocenters. The Morgan fingerprint density at radius 2 is 1.80 bits per heavy atom. The van der Waals surface area contributed by atoms with E-state index in [2.05, 4.69) is 15.4 Å². The molecule has 2 fully saturated rings. The fourth-order valence-electron chi connectivity index (χ4n) is 5.82. The summed E-state index contributed by atoms with van der Waals surface area (Å²) in [5, 5.41) is 12.9. The lowest BCUT2D eigenvalue weighted by Crippen LogP contribution is -2.32. The third-order valence-electron chi connectivity index (χ3n) is 7.97. The number of hydrogen-bond donors (Lipinski definition) is 0. The monoisotopic (exact) mass is 556 g/mol. The van der Waals surface area contributed by atoms with Crippen molar-refractivity contribution in [1.29, 1.82) is 0 Å². The van der Waals surface area contributed by atoms with Crippen molar-refractivity contribution in [1.82, 2.24) is 29.7 Å². The van der Waals surface area contributed by atoms with Crippen molar-refractivity contribution in [2.45, 2.75) is 50.9 Å². The van der Waals surface area contributed by atoms with E-state index in [9.17, 15) is 9.59 Å². The highest BCUT2D eigenvalue weighted by molar-refractivity contribution is 5.96. The highest BCUT2D eigenvalue weighted by Gasteiger charge is 2.46. The van der Waals surface area contributed by atoms with Crippen LogP contribution >= 0.6 is 0 Å². The molecule has 1 saturated carbocycles. The van der Waals surface area contributed by atoms with Gasteiger partial charge in [0.1, 0.15) is 11.4 Å². The maximum absolute atomic E-state index is 15.9. The smallest absolute Gasteiger partial charge is 0.341 e. The van der Waals surface area contributed by atoms with E-state index in [4.69, 9.17) is 4.74 Å². The second-order valence-electron chi connectivity index (χ2n) is 10.8. The van der Waals surface area contributed by atoms with Crippen LogP contribution in [0.1, 0.15) is 83.0 Å². The molecule has 2 aromatic carbocycles. The van der Waals surface area contributed by atoms with Gasteiger partial charge in [0, 0.05) is 43.7 Å². The van der Waals surface area contributed by atoms with E-state index in [1.165, 1.54) is 6.20 Å². The van der Waals surface area contributed by atoms with Crippen molar-refractivity contribution in [3.8, 4) is 16.8 Å². The summed E-state index contributed by atoms with van der Waals surface area (Å²) in [6.45, 7) is 3.33. The Labute approximate surface area is 237 Å². The van der Waals surface area contributed by atoms with Gasteiger partial charge in [0.15, 0.2) is 0 Å². The van der Waals surface area contributed by atoms with E-state index in [-0.39, 0.29) is 29.9 Å². The second kappa shape index (κ2) is 11.3. The van der Waals surface area contributed by atoms with Crippen molar-refractivity contribution >= 4 is 11.9 Å². The first-order valence-electron chi connectivity index (χ1n) is 14.3. The lowest BCUT2D eigenvalue weighted by atomic mass is 10.0. The SMILES string of the molecule is CCOC(=O)c1cnn(-c2cccc(-c3cccc(C(=O)N4CCCCCC4)c3F)c2)c1C1CC1c1cn(C)nn1. The number of rotatable bonds is 7. The van der Waals surface area contributed by atoms with E-state index < -0.39 is 11.8 Å². The molecule has 0 spiro atoms. The van der Waals surface area contributed by atoms with Crippen molar-refractivity contribution in [2.75, 3.05) is 19.7 Å². The fourth-order valence-corrected chi connectivity index (χ4v) is 5.82. The molecule has 1 aliphatic carbocycles. The van der Waals surface area contributed by atoms with E-state index in [1.54, 1.807) is 39.4 Å². The number of halogens is 1. The molecular weight excluding hydrogens is 523 g/mol. The van der Waals surface area contributed by atoms with Crippen molar-refractivity contribution in [3.63, 3.8) is 0 Å². The summed E-state index contributed by atoms with van der Waals surface area (Å²) < 4.78 is 24.6. The van der Waals surface area contributed by atoms with Gasteiger partial charge in [-0.25, -0.2) is 13.9 Å². The molecule has 212 valence electrons. The van der Waals surface area contributed by atoms with Gasteiger partial charge in [0.25, 0.3) is 5.91 Å². The molecule has 2 atom stereocenters. The van der Waals surface area contributed by atoms with Gasteiger partial charge in [0.2, 0.25) is 0 Å². The molecule has 4 aromatic rings. The molecule has 6 rings (SSSR count). The number of benzene rings is 2. The molecule has 1 saturated heterocycles. The fraction of sp³-hybridized carbons (Fsp3) is 0.387. The lowest BCUT2D eigenvalue weighted by Gasteiger charge is -2.21. The number of likely N-dealkylation sites (tertiary alicyclic amines) is 1. The Hall–Kier alpha value is -4.34. The number of carbonyl (C=O) groups is 2. The van der Waals surface area contributed by atoms with E-state index in [0.717, 1.165) is 43.5 Å². The zero-order valence-electron chi connectivity index (χ0n) is 23.3. The Kier molecular flexibility index (Phi) is 7.38. The third-order valence-corrected chi connectivity index (χ3v) is 7.97. The van der Waals surface area contributed by atoms with Crippen LogP contribution in [0.4, 0.5) is 4.39 Å². The summed E-state index contributed by atoms with van der Waals surface area (Å²) in [6.07, 6.45) is 8.28. The first kappa shape index (κ1) is 26.9. The standard InChI is InChI=1S/C31H33FN6O3/c1-3-41-31(40)26-18-33-38(29(26)25-17-24(25)27-19-36(2)35-34-27)21-11-8-10-20(16-21)22-12-9-13-23(28(22)32)30(39)37-14-6-4-5-7-15-37/h8-13,16,18-19,24-25H,3-7,14-15,17H2,1-2H3. The van der Waals surface area contributed by atoms with Crippen LogP contribution in [0.5, 0.6) is 0 Å². The Morgan fingerprint density at radius 3 is 2.54 bits per heavy atom. The van der Waals surface area contributed by atoms with E-state index in [1.807, 2.05) is 37.5 Å². The third kappa shape index (κ3) is 5.26. The van der Waals surface area contributed by atoms with Crippen molar-refractivity contribution in [2.24, 2.45) is 7.05 Å². The van der Waals surface area contributed by atoms with Crippen LogP contribution in [-0.2, 0) is 11.8 Å². The highest BCUT2D eigenvalue weighted by Crippen LogP contribution is 2.55. The molecule has 0 bridgehead atoms. The molecule has 2 aromatic heterocycles. The maximum atomic E-state index is 15.9. The number of ether oxygens (including phenoxy) is 1. The van der Waals surface area contributed by atoms with Crippen LogP contribution in [-0.4, -0.2) is 61.2 Å². The topological polar surface area (TPSA) is 95.1 Å². The number of nitrogens with zero attached hydrogens (tertiary/aromatic N) is 6. The van der Waals surface area contributed by atoms with Gasteiger partial charge >= 0.3 is 5.97 Å². The van der Waals surface area contributed by atoms with Crippen LogP contribution in [0.2, 0.25) is 0 Å². The summed E-state index contributed by atoms with van der Waals surface area (Å²) >= 11 is 0. The van der Waals surface area contributed by atoms with Crippen molar-refractivity contribution < 1.29 is 18.7 Å². The number of aryl methyl sites for hydroxylation is 1. The quantitative estimate of drug-likeness (QED) is 0.288. The largest absolute Gasteiger partial charge is 0.462 e. The van der Waals surface area contributed by atoms with Crippen molar-refractivity contribution in [3.05, 3.63) is 83.2 Å². The summed E-state index contributed by atoms with van der Waals surface area (Å²) in [4.78, 5) is 27.9. The van der Waals surface area contributed by atoms with Gasteiger partial charge in [-0.15, -0.1) is 5.10 Å². The molecule has 2 aliphatic rings. The molecular formula is C31H33FN6O3. The minimum absolute atomic E-state index is 0.00331. The molecule has 0 radical (unpaired) electrons. The van der Waals surface area contributed by atoms with Gasteiger partial charge < -0.3 is 9.64 Å². The zero-order chi connectivity index (χ0) is 28.5. The number of esters is 1. The van der Waals surface area contributed by atoms with Gasteiger partial charge in [-0.2, -0.15) is 5.10 Å². The Balaban J connectivity index is 1.35. The van der Waals surface area contributed by atoms with Crippen LogP contribution < -0.4 is 0 Å². The van der Waals surface area contributed by atoms with Crippen LogP contribution in [0.25, 0.3) is 16.8 Å². The summed E-state index contributed by atoms with van der Waals surface area (Å²) in [7, 11) is 1.82. The number of carbonyl (C=O) groups excluding carboxylic acids is 2. The lowest BCUT2D eigenvalue weighted by molar-refractivity contribution is 0.0524. The predicted octanol–water partition coefficient (Wildman–Crippen LogP) is 5.27. The van der Waals surface area contributed by atoms with Crippen LogP contribution in [0.15, 0.2) is 54.9 Å². The van der Waals surface area contributed by atoms with Gasteiger partial charge in [-0.3, -0.25) is 9.48 Å². The minimum Gasteiger partial charge on any atom is -0.462 e.